The fourth-order valence-electron chi connectivity index (χ4n) is 4.72. The van der Waals surface area contributed by atoms with Crippen LogP contribution in [0.2, 0.25) is 0 Å². The monoisotopic (exact) mass is 386 g/mol. The fraction of sp³-hybridized carbons (Fsp3) is 0.524. The van der Waals surface area contributed by atoms with Crippen molar-refractivity contribution in [2.24, 2.45) is 0 Å². The van der Waals surface area contributed by atoms with Crippen molar-refractivity contribution in [3.63, 3.8) is 0 Å². The molecule has 1 aromatic heterocycles. The highest BCUT2D eigenvalue weighted by Gasteiger charge is 2.53. The summed E-state index contributed by atoms with van der Waals surface area (Å²) < 4.78 is 11.2. The van der Waals surface area contributed by atoms with Crippen LogP contribution in [0.15, 0.2) is 22.6 Å². The maximum absolute atomic E-state index is 13.5. The van der Waals surface area contributed by atoms with Gasteiger partial charge in [0.25, 0.3) is 5.91 Å². The number of likely N-dealkylation sites (tertiary alicyclic amines) is 2. The first-order chi connectivity index (χ1) is 13.5. The summed E-state index contributed by atoms with van der Waals surface area (Å²) in [6.45, 7) is 3.28. The Hall–Kier alpha value is -2.54. The zero-order valence-electron chi connectivity index (χ0n) is 16.4. The van der Waals surface area contributed by atoms with Gasteiger partial charge in [-0.15, -0.1) is 0 Å². The summed E-state index contributed by atoms with van der Waals surface area (Å²) in [6.07, 6.45) is 2.93. The van der Waals surface area contributed by atoms with E-state index < -0.39 is 5.54 Å². The van der Waals surface area contributed by atoms with Crippen molar-refractivity contribution in [3.8, 4) is 5.75 Å². The highest BCUT2D eigenvalue weighted by Crippen LogP contribution is 2.40. The van der Waals surface area contributed by atoms with Crippen LogP contribution in [0.4, 0.5) is 0 Å². The molecule has 3 heterocycles. The number of benzene rings is 1. The Bertz CT molecular complexity index is 919. The number of hydrogen-bond donors (Lipinski definition) is 1. The molecule has 2 aromatic rings. The summed E-state index contributed by atoms with van der Waals surface area (Å²) in [5, 5.41) is 10.2. The van der Waals surface area contributed by atoms with E-state index in [4.69, 9.17) is 9.15 Å². The summed E-state index contributed by atoms with van der Waals surface area (Å²) in [7, 11) is 1.59. The van der Waals surface area contributed by atoms with Crippen molar-refractivity contribution in [3.05, 3.63) is 29.5 Å². The second kappa shape index (κ2) is 7.13. The van der Waals surface area contributed by atoms with E-state index in [0.29, 0.717) is 43.8 Å². The molecule has 4 rings (SSSR count). The Morgan fingerprint density at radius 3 is 2.75 bits per heavy atom. The fourth-order valence-corrected chi connectivity index (χ4v) is 4.72. The first-order valence-corrected chi connectivity index (χ1v) is 9.81. The maximum atomic E-state index is 13.5. The van der Waals surface area contributed by atoms with Gasteiger partial charge in [0.2, 0.25) is 5.91 Å². The molecule has 28 heavy (non-hydrogen) atoms. The van der Waals surface area contributed by atoms with Gasteiger partial charge in [-0.1, -0.05) is 0 Å². The first kappa shape index (κ1) is 18.8. The number of carbonyl (C=O) groups is 2. The Kier molecular flexibility index (Phi) is 4.79. The van der Waals surface area contributed by atoms with E-state index in [9.17, 15) is 14.7 Å². The standard InChI is InChI=1S/C21H26N2O5/c1-14-16-6-5-15(27-2)13-17(16)28-18(14)19(25)23-10-4-8-21(23)7-3-9-22(11-12-24)20(21)26/h5-6,13,24H,3-4,7-12H2,1-2H3. The first-order valence-electron chi connectivity index (χ1n) is 9.81. The van der Waals surface area contributed by atoms with Crippen molar-refractivity contribution in [2.45, 2.75) is 38.1 Å². The van der Waals surface area contributed by atoms with Gasteiger partial charge >= 0.3 is 0 Å². The van der Waals surface area contributed by atoms with Crippen molar-refractivity contribution in [1.82, 2.24) is 9.80 Å². The van der Waals surface area contributed by atoms with Crippen molar-refractivity contribution in [1.29, 1.82) is 0 Å². The van der Waals surface area contributed by atoms with Crippen molar-refractivity contribution < 1.29 is 23.8 Å². The van der Waals surface area contributed by atoms with Gasteiger partial charge in [-0.05, 0) is 44.7 Å². The van der Waals surface area contributed by atoms with Gasteiger partial charge < -0.3 is 24.1 Å². The highest BCUT2D eigenvalue weighted by atomic mass is 16.5. The number of amides is 2. The third-order valence-electron chi connectivity index (χ3n) is 6.15. The van der Waals surface area contributed by atoms with E-state index in [1.807, 2.05) is 19.1 Å². The van der Waals surface area contributed by atoms with E-state index in [1.54, 1.807) is 23.0 Å². The molecule has 2 fully saturated rings. The molecule has 2 aliphatic rings. The minimum absolute atomic E-state index is 0.0471. The zero-order chi connectivity index (χ0) is 19.9. The highest BCUT2D eigenvalue weighted by molar-refractivity contribution is 6.02. The van der Waals surface area contributed by atoms with Crippen LogP contribution < -0.4 is 4.74 Å². The van der Waals surface area contributed by atoms with Crippen molar-refractivity contribution in [2.75, 3.05) is 33.4 Å². The van der Waals surface area contributed by atoms with Gasteiger partial charge in [0.1, 0.15) is 16.9 Å². The average Bonchev–Trinajstić information content (AvgIpc) is 3.27. The molecule has 2 amide bonds. The molecule has 7 nitrogen and oxygen atoms in total. The molecule has 1 spiro atoms. The minimum atomic E-state index is -0.812. The van der Waals surface area contributed by atoms with Gasteiger partial charge in [0, 0.05) is 36.7 Å². The summed E-state index contributed by atoms with van der Waals surface area (Å²) in [5.74, 6) is 0.676. The van der Waals surface area contributed by atoms with Gasteiger partial charge in [-0.3, -0.25) is 9.59 Å². The van der Waals surface area contributed by atoms with Crippen LogP contribution in [-0.2, 0) is 4.79 Å². The number of ether oxygens (including phenoxy) is 1. The van der Waals surface area contributed by atoms with Gasteiger partial charge in [0.15, 0.2) is 5.76 Å². The number of methoxy groups -OCH3 is 1. The summed E-state index contributed by atoms with van der Waals surface area (Å²) in [5.41, 5.74) is 0.568. The lowest BCUT2D eigenvalue weighted by atomic mass is 9.85. The predicted octanol–water partition coefficient (Wildman–Crippen LogP) is 2.34. The lowest BCUT2D eigenvalue weighted by molar-refractivity contribution is -0.146. The largest absolute Gasteiger partial charge is 0.497 e. The second-order valence-corrected chi connectivity index (χ2v) is 7.63. The molecule has 1 atom stereocenters. The molecule has 0 bridgehead atoms. The molecular formula is C21H26N2O5. The lowest BCUT2D eigenvalue weighted by Gasteiger charge is -2.44. The van der Waals surface area contributed by atoms with Crippen LogP contribution in [0.1, 0.15) is 41.8 Å². The lowest BCUT2D eigenvalue weighted by Crippen LogP contribution is -2.61. The van der Waals surface area contributed by atoms with Gasteiger partial charge in [-0.2, -0.15) is 0 Å². The van der Waals surface area contributed by atoms with Crippen LogP contribution in [0.3, 0.4) is 0 Å². The Balaban J connectivity index is 1.70. The van der Waals surface area contributed by atoms with Crippen LogP contribution in [-0.4, -0.2) is 65.6 Å². The third kappa shape index (κ3) is 2.76. The molecule has 0 saturated carbocycles. The van der Waals surface area contributed by atoms with Crippen molar-refractivity contribution >= 4 is 22.8 Å². The molecule has 1 unspecified atom stereocenters. The molecule has 0 aliphatic carbocycles. The summed E-state index contributed by atoms with van der Waals surface area (Å²) in [6, 6.07) is 5.50. The van der Waals surface area contributed by atoms with E-state index in [2.05, 4.69) is 0 Å². The van der Waals surface area contributed by atoms with Gasteiger partial charge in [-0.25, -0.2) is 0 Å². The van der Waals surface area contributed by atoms with Crippen LogP contribution in [0.5, 0.6) is 5.75 Å². The molecule has 2 aliphatic heterocycles. The quantitative estimate of drug-likeness (QED) is 0.872. The van der Waals surface area contributed by atoms with Crippen LogP contribution in [0, 0.1) is 6.92 Å². The molecule has 0 radical (unpaired) electrons. The number of aliphatic hydroxyl groups excluding tert-OH is 1. The number of aliphatic hydroxyl groups is 1. The zero-order valence-corrected chi connectivity index (χ0v) is 16.4. The Morgan fingerprint density at radius 2 is 2.04 bits per heavy atom. The Labute approximate surface area is 163 Å². The summed E-state index contributed by atoms with van der Waals surface area (Å²) >= 11 is 0. The minimum Gasteiger partial charge on any atom is -0.497 e. The number of nitrogens with zero attached hydrogens (tertiary/aromatic N) is 2. The number of fused-ring (bicyclic) bond motifs is 1. The molecule has 1 aromatic carbocycles. The van der Waals surface area contributed by atoms with E-state index in [1.165, 1.54) is 0 Å². The normalized spacial score (nSPS) is 22.5. The van der Waals surface area contributed by atoms with Crippen LogP contribution >= 0.6 is 0 Å². The van der Waals surface area contributed by atoms with E-state index in [0.717, 1.165) is 23.8 Å². The molecule has 7 heteroatoms. The summed E-state index contributed by atoms with van der Waals surface area (Å²) in [4.78, 5) is 30.1. The second-order valence-electron chi connectivity index (χ2n) is 7.63. The number of piperidine rings is 1. The van der Waals surface area contributed by atoms with Crippen LogP contribution in [0.25, 0.3) is 11.0 Å². The number of furan rings is 1. The molecule has 1 N–H and O–H groups in total. The molecular weight excluding hydrogens is 360 g/mol. The molecule has 2 saturated heterocycles. The molecule has 150 valence electrons. The number of aryl methyl sites for hydroxylation is 1. The number of carbonyl (C=O) groups excluding carboxylic acids is 2. The number of β-amino-alcohol motifs (C(OH)–C–C–N with tert-alkyl or cyclic N) is 1. The van der Waals surface area contributed by atoms with Gasteiger partial charge in [0.05, 0.1) is 13.7 Å². The van der Waals surface area contributed by atoms with E-state index >= 15 is 0 Å². The third-order valence-corrected chi connectivity index (χ3v) is 6.15. The topological polar surface area (TPSA) is 83.2 Å². The SMILES string of the molecule is COc1ccc2c(C)c(C(=O)N3CCCC34CCCN(CCO)C4=O)oc2c1. The predicted molar refractivity (Wildman–Crippen MR) is 103 cm³/mol. The maximum Gasteiger partial charge on any atom is 0.290 e. The number of rotatable bonds is 4. The number of hydrogen-bond acceptors (Lipinski definition) is 5. The average molecular weight is 386 g/mol. The Morgan fingerprint density at radius 1 is 1.29 bits per heavy atom. The smallest absolute Gasteiger partial charge is 0.290 e. The van der Waals surface area contributed by atoms with E-state index in [-0.39, 0.29) is 24.2 Å².